The minimum absolute atomic E-state index is 0.0667. The zero-order valence-electron chi connectivity index (χ0n) is 11.4. The van der Waals surface area contributed by atoms with E-state index in [1.54, 1.807) is 23.5 Å². The fourth-order valence-electron chi connectivity index (χ4n) is 1.97. The highest BCUT2D eigenvalue weighted by atomic mass is 32.1. The first kappa shape index (κ1) is 14.5. The molecule has 0 aliphatic heterocycles. The molecular weight excluding hydrogens is 275 g/mol. The molecule has 3 nitrogen and oxygen atoms in total. The first-order chi connectivity index (χ1) is 9.60. The molecule has 0 fully saturated rings. The van der Waals surface area contributed by atoms with Gasteiger partial charge in [0.2, 0.25) is 5.91 Å². The fraction of sp³-hybridized carbons (Fsp3) is 0.267. The molecule has 2 rings (SSSR count). The maximum absolute atomic E-state index is 13.9. The molecule has 1 aromatic carbocycles. The Kier molecular flexibility index (Phi) is 4.74. The Morgan fingerprint density at radius 1 is 1.40 bits per heavy atom. The second kappa shape index (κ2) is 6.52. The van der Waals surface area contributed by atoms with Crippen LogP contribution in [0.1, 0.15) is 31.2 Å². The van der Waals surface area contributed by atoms with Gasteiger partial charge in [-0.3, -0.25) is 4.79 Å². The zero-order chi connectivity index (χ0) is 14.5. The molecule has 2 aromatic rings. The predicted molar refractivity (Wildman–Crippen MR) is 81.7 cm³/mol. The van der Waals surface area contributed by atoms with Crippen LogP contribution in [0.25, 0.3) is 0 Å². The van der Waals surface area contributed by atoms with Crippen molar-refractivity contribution in [2.45, 2.75) is 26.3 Å². The van der Waals surface area contributed by atoms with Gasteiger partial charge in [-0.15, -0.1) is 11.3 Å². The van der Waals surface area contributed by atoms with Gasteiger partial charge in [-0.2, -0.15) is 0 Å². The zero-order valence-corrected chi connectivity index (χ0v) is 12.3. The Balaban J connectivity index is 2.20. The molecule has 106 valence electrons. The van der Waals surface area contributed by atoms with Crippen LogP contribution in [0.4, 0.5) is 15.8 Å². The predicted octanol–water partition coefficient (Wildman–Crippen LogP) is 4.41. The van der Waals surface area contributed by atoms with E-state index in [4.69, 9.17) is 0 Å². The Hall–Kier alpha value is -1.88. The summed E-state index contributed by atoms with van der Waals surface area (Å²) in [5.74, 6) is -0.498. The molecule has 20 heavy (non-hydrogen) atoms. The van der Waals surface area contributed by atoms with Crippen LogP contribution in [0.5, 0.6) is 0 Å². The normalized spacial score (nSPS) is 11.9. The number of rotatable bonds is 5. The van der Waals surface area contributed by atoms with E-state index >= 15 is 0 Å². The molecule has 0 aliphatic carbocycles. The number of nitrogens with one attached hydrogen (secondary N) is 2. The average Bonchev–Trinajstić information content (AvgIpc) is 2.92. The minimum Gasteiger partial charge on any atom is -0.375 e. The van der Waals surface area contributed by atoms with Crippen LogP contribution in [-0.4, -0.2) is 5.91 Å². The standard InChI is InChI=1S/C15H17FN2OS/c1-3-13(15-5-4-8-20-15)18-14-9-11(17-10(2)19)6-7-12(14)16/h4-9,13,18H,3H2,1-2H3,(H,17,19). The molecule has 0 bridgehead atoms. The van der Waals surface area contributed by atoms with Crippen molar-refractivity contribution in [3.8, 4) is 0 Å². The van der Waals surface area contributed by atoms with E-state index in [0.29, 0.717) is 11.4 Å². The average molecular weight is 292 g/mol. The summed E-state index contributed by atoms with van der Waals surface area (Å²) in [4.78, 5) is 12.2. The summed E-state index contributed by atoms with van der Waals surface area (Å²) in [7, 11) is 0. The number of thiophene rings is 1. The Labute approximate surface area is 121 Å². The van der Waals surface area contributed by atoms with Crippen LogP contribution in [0.3, 0.4) is 0 Å². The lowest BCUT2D eigenvalue weighted by molar-refractivity contribution is -0.114. The van der Waals surface area contributed by atoms with E-state index in [1.165, 1.54) is 13.0 Å². The number of hydrogen-bond acceptors (Lipinski definition) is 3. The molecule has 1 heterocycles. The van der Waals surface area contributed by atoms with Crippen LogP contribution in [-0.2, 0) is 4.79 Å². The van der Waals surface area contributed by atoms with Crippen molar-refractivity contribution in [1.82, 2.24) is 0 Å². The summed E-state index contributed by atoms with van der Waals surface area (Å²) in [5, 5.41) is 7.86. The van der Waals surface area contributed by atoms with E-state index in [-0.39, 0.29) is 17.8 Å². The molecule has 0 radical (unpaired) electrons. The van der Waals surface area contributed by atoms with Gasteiger partial charge in [-0.25, -0.2) is 4.39 Å². The molecule has 5 heteroatoms. The summed E-state index contributed by atoms with van der Waals surface area (Å²) in [6.07, 6.45) is 0.852. The third-order valence-electron chi connectivity index (χ3n) is 2.91. The van der Waals surface area contributed by atoms with Crippen LogP contribution in [0.2, 0.25) is 0 Å². The SMILES string of the molecule is CCC(Nc1cc(NC(C)=O)ccc1F)c1cccs1. The lowest BCUT2D eigenvalue weighted by Crippen LogP contribution is -2.11. The van der Waals surface area contributed by atoms with Gasteiger partial charge in [-0.1, -0.05) is 13.0 Å². The van der Waals surface area contributed by atoms with Gasteiger partial charge in [-0.05, 0) is 36.1 Å². The molecule has 0 saturated carbocycles. The number of amides is 1. The fourth-order valence-corrected chi connectivity index (χ4v) is 2.83. The molecular formula is C15H17FN2OS. The number of carbonyl (C=O) groups excluding carboxylic acids is 1. The number of benzene rings is 1. The Morgan fingerprint density at radius 2 is 2.20 bits per heavy atom. The van der Waals surface area contributed by atoms with Crippen LogP contribution >= 0.6 is 11.3 Å². The molecule has 1 aromatic heterocycles. The number of hydrogen-bond donors (Lipinski definition) is 2. The summed E-state index contributed by atoms with van der Waals surface area (Å²) in [6, 6.07) is 8.60. The maximum atomic E-state index is 13.9. The van der Waals surface area contributed by atoms with Crippen molar-refractivity contribution in [2.24, 2.45) is 0 Å². The summed E-state index contributed by atoms with van der Waals surface area (Å²) >= 11 is 1.64. The monoisotopic (exact) mass is 292 g/mol. The van der Waals surface area contributed by atoms with E-state index in [9.17, 15) is 9.18 Å². The number of halogens is 1. The maximum Gasteiger partial charge on any atom is 0.221 e. The van der Waals surface area contributed by atoms with Gasteiger partial charge in [0.1, 0.15) is 5.82 Å². The molecule has 2 N–H and O–H groups in total. The summed E-state index contributed by atoms with van der Waals surface area (Å²) < 4.78 is 13.9. The molecule has 1 amide bonds. The lowest BCUT2D eigenvalue weighted by Gasteiger charge is -2.18. The van der Waals surface area contributed by atoms with Crippen molar-refractivity contribution >= 4 is 28.6 Å². The van der Waals surface area contributed by atoms with Gasteiger partial charge >= 0.3 is 0 Å². The first-order valence-electron chi connectivity index (χ1n) is 6.47. The summed E-state index contributed by atoms with van der Waals surface area (Å²) in [6.45, 7) is 3.48. The van der Waals surface area contributed by atoms with E-state index < -0.39 is 0 Å². The van der Waals surface area contributed by atoms with Crippen molar-refractivity contribution in [2.75, 3.05) is 10.6 Å². The summed E-state index contributed by atoms with van der Waals surface area (Å²) in [5.41, 5.74) is 0.985. The highest BCUT2D eigenvalue weighted by Crippen LogP contribution is 2.28. The molecule has 1 unspecified atom stereocenters. The van der Waals surface area contributed by atoms with Crippen molar-refractivity contribution < 1.29 is 9.18 Å². The second-order valence-corrected chi connectivity index (χ2v) is 5.48. The van der Waals surface area contributed by atoms with Crippen molar-refractivity contribution in [1.29, 1.82) is 0 Å². The quantitative estimate of drug-likeness (QED) is 0.857. The molecule has 0 saturated heterocycles. The molecule has 1 atom stereocenters. The van der Waals surface area contributed by atoms with Gasteiger partial charge < -0.3 is 10.6 Å². The second-order valence-electron chi connectivity index (χ2n) is 4.50. The van der Waals surface area contributed by atoms with E-state index in [1.807, 2.05) is 24.4 Å². The lowest BCUT2D eigenvalue weighted by atomic mass is 10.1. The largest absolute Gasteiger partial charge is 0.375 e. The minimum atomic E-state index is -0.325. The van der Waals surface area contributed by atoms with Crippen LogP contribution < -0.4 is 10.6 Å². The smallest absolute Gasteiger partial charge is 0.221 e. The van der Waals surface area contributed by atoms with Crippen LogP contribution in [0, 0.1) is 5.82 Å². The third-order valence-corrected chi connectivity index (χ3v) is 3.90. The first-order valence-corrected chi connectivity index (χ1v) is 7.35. The third kappa shape index (κ3) is 3.57. The van der Waals surface area contributed by atoms with E-state index in [0.717, 1.165) is 11.3 Å². The Bertz CT molecular complexity index is 584. The van der Waals surface area contributed by atoms with E-state index in [2.05, 4.69) is 10.6 Å². The van der Waals surface area contributed by atoms with Crippen molar-refractivity contribution in [3.63, 3.8) is 0 Å². The highest BCUT2D eigenvalue weighted by molar-refractivity contribution is 7.10. The number of carbonyl (C=O) groups is 1. The Morgan fingerprint density at radius 3 is 2.80 bits per heavy atom. The van der Waals surface area contributed by atoms with Gasteiger partial charge in [0.05, 0.1) is 11.7 Å². The van der Waals surface area contributed by atoms with Crippen molar-refractivity contribution in [3.05, 3.63) is 46.4 Å². The highest BCUT2D eigenvalue weighted by Gasteiger charge is 2.13. The van der Waals surface area contributed by atoms with Gasteiger partial charge in [0.25, 0.3) is 0 Å². The van der Waals surface area contributed by atoms with Crippen LogP contribution in [0.15, 0.2) is 35.7 Å². The molecule has 0 spiro atoms. The topological polar surface area (TPSA) is 41.1 Å². The van der Waals surface area contributed by atoms with Gasteiger partial charge in [0.15, 0.2) is 0 Å². The molecule has 0 aliphatic rings. The van der Waals surface area contributed by atoms with Gasteiger partial charge in [0, 0.05) is 17.5 Å². The number of anilines is 2.